The number of nitrogens with one attached hydrogen (secondary N) is 1. The fourth-order valence-corrected chi connectivity index (χ4v) is 1.53. The minimum Gasteiger partial charge on any atom is -0.352 e. The normalized spacial score (nSPS) is 13.5. The van der Waals surface area contributed by atoms with Crippen molar-refractivity contribution < 1.29 is 4.79 Å². The van der Waals surface area contributed by atoms with Crippen molar-refractivity contribution in [3.8, 4) is 0 Å². The van der Waals surface area contributed by atoms with Crippen molar-refractivity contribution in [2.24, 2.45) is 0 Å². The third-order valence-corrected chi connectivity index (χ3v) is 2.19. The molecule has 0 fully saturated rings. The Bertz CT molecular complexity index is 331. The van der Waals surface area contributed by atoms with Gasteiger partial charge in [-0.15, -0.1) is 0 Å². The van der Waals surface area contributed by atoms with Crippen LogP contribution in [0.15, 0.2) is 18.2 Å². The van der Waals surface area contributed by atoms with Gasteiger partial charge in [-0.2, -0.15) is 0 Å². The lowest BCUT2D eigenvalue weighted by atomic mass is 9.98. The SMILES string of the molecule is CC.Cc1ccc2c(c1)C(=O)NCC2. The van der Waals surface area contributed by atoms with E-state index in [4.69, 9.17) is 0 Å². The van der Waals surface area contributed by atoms with Crippen LogP contribution in [0.1, 0.15) is 35.3 Å². The molecule has 1 aromatic rings. The molecule has 0 atom stereocenters. The molecule has 0 aliphatic carbocycles. The molecular formula is C12H17NO. The van der Waals surface area contributed by atoms with Gasteiger partial charge in [-0.05, 0) is 25.0 Å². The summed E-state index contributed by atoms with van der Waals surface area (Å²) in [5.41, 5.74) is 3.16. The smallest absolute Gasteiger partial charge is 0.251 e. The topological polar surface area (TPSA) is 29.1 Å². The molecule has 1 aliphatic heterocycles. The van der Waals surface area contributed by atoms with Crippen LogP contribution >= 0.6 is 0 Å². The summed E-state index contributed by atoms with van der Waals surface area (Å²) >= 11 is 0. The third kappa shape index (κ3) is 2.13. The molecule has 1 N–H and O–H groups in total. The van der Waals surface area contributed by atoms with Crippen LogP contribution in [0, 0.1) is 6.92 Å². The van der Waals surface area contributed by atoms with Gasteiger partial charge in [0.1, 0.15) is 0 Å². The molecule has 1 amide bonds. The number of aryl methyl sites for hydroxylation is 1. The third-order valence-electron chi connectivity index (χ3n) is 2.19. The highest BCUT2D eigenvalue weighted by Gasteiger charge is 2.15. The zero-order valence-electron chi connectivity index (χ0n) is 9.05. The molecule has 1 heterocycles. The maximum absolute atomic E-state index is 11.3. The fraction of sp³-hybridized carbons (Fsp3) is 0.417. The van der Waals surface area contributed by atoms with Crippen LogP contribution in [-0.4, -0.2) is 12.5 Å². The molecule has 1 aromatic carbocycles. The highest BCUT2D eigenvalue weighted by Crippen LogP contribution is 2.14. The first kappa shape index (κ1) is 10.8. The molecule has 0 saturated carbocycles. The second-order valence-corrected chi connectivity index (χ2v) is 3.17. The molecule has 0 saturated heterocycles. The Hall–Kier alpha value is -1.31. The molecule has 76 valence electrons. The van der Waals surface area contributed by atoms with Crippen LogP contribution in [-0.2, 0) is 6.42 Å². The molecule has 0 radical (unpaired) electrons. The standard InChI is InChI=1S/C10H11NO.C2H6/c1-7-2-3-8-4-5-11-10(12)9(8)6-7;1-2/h2-3,6H,4-5H2,1H3,(H,11,12);1-2H3. The Morgan fingerprint density at radius 3 is 2.71 bits per heavy atom. The van der Waals surface area contributed by atoms with Crippen LogP contribution in [0.25, 0.3) is 0 Å². The number of rotatable bonds is 0. The van der Waals surface area contributed by atoms with E-state index in [1.807, 2.05) is 32.9 Å². The maximum atomic E-state index is 11.3. The molecule has 0 bridgehead atoms. The molecule has 0 unspecified atom stereocenters. The molecule has 2 rings (SSSR count). The van der Waals surface area contributed by atoms with E-state index in [1.165, 1.54) is 5.56 Å². The Balaban J connectivity index is 0.000000461. The van der Waals surface area contributed by atoms with Gasteiger partial charge in [0.25, 0.3) is 5.91 Å². The minimum atomic E-state index is 0.0694. The lowest BCUT2D eigenvalue weighted by molar-refractivity contribution is 0.0946. The summed E-state index contributed by atoms with van der Waals surface area (Å²) in [4.78, 5) is 11.3. The number of amides is 1. The number of fused-ring (bicyclic) bond motifs is 1. The van der Waals surface area contributed by atoms with Gasteiger partial charge in [0, 0.05) is 12.1 Å². The summed E-state index contributed by atoms with van der Waals surface area (Å²) < 4.78 is 0. The Morgan fingerprint density at radius 2 is 2.00 bits per heavy atom. The second kappa shape index (κ2) is 4.80. The van der Waals surface area contributed by atoms with Gasteiger partial charge in [-0.25, -0.2) is 0 Å². The van der Waals surface area contributed by atoms with Crippen molar-refractivity contribution in [3.63, 3.8) is 0 Å². The fourth-order valence-electron chi connectivity index (χ4n) is 1.53. The van der Waals surface area contributed by atoms with E-state index in [9.17, 15) is 4.79 Å². The number of carbonyl (C=O) groups is 1. The lowest BCUT2D eigenvalue weighted by Gasteiger charge is -2.16. The number of hydrogen-bond donors (Lipinski definition) is 1. The van der Waals surface area contributed by atoms with Crippen LogP contribution in [0.4, 0.5) is 0 Å². The summed E-state index contributed by atoms with van der Waals surface area (Å²) in [6, 6.07) is 6.05. The molecule has 14 heavy (non-hydrogen) atoms. The zero-order valence-corrected chi connectivity index (χ0v) is 9.05. The summed E-state index contributed by atoms with van der Waals surface area (Å²) in [7, 11) is 0. The quantitative estimate of drug-likeness (QED) is 0.670. The van der Waals surface area contributed by atoms with E-state index in [2.05, 4.69) is 11.4 Å². The van der Waals surface area contributed by atoms with Gasteiger partial charge < -0.3 is 5.32 Å². The molecule has 0 aromatic heterocycles. The van der Waals surface area contributed by atoms with Crippen molar-refractivity contribution >= 4 is 5.91 Å². The predicted molar refractivity (Wildman–Crippen MR) is 58.6 cm³/mol. The molecule has 2 heteroatoms. The number of hydrogen-bond acceptors (Lipinski definition) is 1. The van der Waals surface area contributed by atoms with E-state index in [0.29, 0.717) is 0 Å². The summed E-state index contributed by atoms with van der Waals surface area (Å²) in [6.07, 6.45) is 0.960. The first-order valence-electron chi connectivity index (χ1n) is 5.15. The highest BCUT2D eigenvalue weighted by molar-refractivity contribution is 5.96. The van der Waals surface area contributed by atoms with E-state index >= 15 is 0 Å². The number of carbonyl (C=O) groups excluding carboxylic acids is 1. The van der Waals surface area contributed by atoms with E-state index in [0.717, 1.165) is 24.1 Å². The van der Waals surface area contributed by atoms with Gasteiger partial charge in [-0.3, -0.25) is 4.79 Å². The summed E-state index contributed by atoms with van der Waals surface area (Å²) in [5, 5.41) is 2.83. The maximum Gasteiger partial charge on any atom is 0.251 e. The van der Waals surface area contributed by atoms with E-state index in [-0.39, 0.29) is 5.91 Å². The van der Waals surface area contributed by atoms with Crippen molar-refractivity contribution in [1.29, 1.82) is 0 Å². The average molecular weight is 191 g/mol. The summed E-state index contributed by atoms with van der Waals surface area (Å²) in [6.45, 7) is 6.77. The zero-order chi connectivity index (χ0) is 10.6. The second-order valence-electron chi connectivity index (χ2n) is 3.17. The Morgan fingerprint density at radius 1 is 1.29 bits per heavy atom. The summed E-state index contributed by atoms with van der Waals surface area (Å²) in [5.74, 6) is 0.0694. The van der Waals surface area contributed by atoms with Gasteiger partial charge in [0.15, 0.2) is 0 Å². The Kier molecular flexibility index (Phi) is 3.69. The molecule has 0 spiro atoms. The van der Waals surface area contributed by atoms with Gasteiger partial charge >= 0.3 is 0 Å². The number of benzene rings is 1. The van der Waals surface area contributed by atoms with Gasteiger partial charge in [0.05, 0.1) is 0 Å². The first-order chi connectivity index (χ1) is 6.77. The van der Waals surface area contributed by atoms with Crippen molar-refractivity contribution in [1.82, 2.24) is 5.32 Å². The Labute approximate surface area is 85.3 Å². The van der Waals surface area contributed by atoms with Crippen LogP contribution < -0.4 is 5.32 Å². The lowest BCUT2D eigenvalue weighted by Crippen LogP contribution is -2.31. The van der Waals surface area contributed by atoms with E-state index < -0.39 is 0 Å². The van der Waals surface area contributed by atoms with Crippen molar-refractivity contribution in [2.45, 2.75) is 27.2 Å². The van der Waals surface area contributed by atoms with Gasteiger partial charge in [-0.1, -0.05) is 31.5 Å². The average Bonchev–Trinajstić information content (AvgIpc) is 2.22. The predicted octanol–water partition coefficient (Wildman–Crippen LogP) is 2.31. The molecule has 2 nitrogen and oxygen atoms in total. The van der Waals surface area contributed by atoms with Gasteiger partial charge in [0.2, 0.25) is 0 Å². The minimum absolute atomic E-state index is 0.0694. The van der Waals surface area contributed by atoms with Crippen LogP contribution in [0.5, 0.6) is 0 Å². The molecular weight excluding hydrogens is 174 g/mol. The van der Waals surface area contributed by atoms with Crippen molar-refractivity contribution in [2.75, 3.05) is 6.54 Å². The monoisotopic (exact) mass is 191 g/mol. The molecule has 1 aliphatic rings. The highest BCUT2D eigenvalue weighted by atomic mass is 16.1. The first-order valence-corrected chi connectivity index (χ1v) is 5.15. The van der Waals surface area contributed by atoms with Crippen LogP contribution in [0.3, 0.4) is 0 Å². The van der Waals surface area contributed by atoms with Crippen molar-refractivity contribution in [3.05, 3.63) is 34.9 Å². The van der Waals surface area contributed by atoms with E-state index in [1.54, 1.807) is 0 Å². The largest absolute Gasteiger partial charge is 0.352 e. The van der Waals surface area contributed by atoms with Crippen LogP contribution in [0.2, 0.25) is 0 Å².